The van der Waals surface area contributed by atoms with Gasteiger partial charge in [-0.2, -0.15) is 13.2 Å². The summed E-state index contributed by atoms with van der Waals surface area (Å²) >= 11 is 0. The zero-order valence-corrected chi connectivity index (χ0v) is 9.96. The number of alkyl halides is 3. The number of carbonyl (C=O) groups excluding carboxylic acids is 1. The van der Waals surface area contributed by atoms with Crippen molar-refractivity contribution in [2.45, 2.75) is 38.3 Å². The van der Waals surface area contributed by atoms with Gasteiger partial charge in [-0.05, 0) is 18.1 Å². The maximum Gasteiger partial charge on any atom is 0.416 e. The van der Waals surface area contributed by atoms with Crippen molar-refractivity contribution < 1.29 is 18.0 Å². The number of benzene rings is 1. The van der Waals surface area contributed by atoms with Gasteiger partial charge in [-0.1, -0.05) is 37.8 Å². The lowest BCUT2D eigenvalue weighted by Gasteiger charge is -2.10. The molecule has 1 nitrogen and oxygen atoms in total. The van der Waals surface area contributed by atoms with Gasteiger partial charge in [0.1, 0.15) is 0 Å². The first-order valence-corrected chi connectivity index (χ1v) is 6.17. The predicted molar refractivity (Wildman–Crippen MR) is 62.3 cm³/mol. The molecule has 0 aliphatic heterocycles. The van der Waals surface area contributed by atoms with Gasteiger partial charge in [-0.3, -0.25) is 4.79 Å². The average Bonchev–Trinajstić information content (AvgIpc) is 2.81. The first-order chi connectivity index (χ1) is 8.47. The Morgan fingerprint density at radius 2 is 1.89 bits per heavy atom. The van der Waals surface area contributed by atoms with E-state index in [2.05, 4.69) is 0 Å². The fraction of sp³-hybridized carbons (Fsp3) is 0.500. The fourth-order valence-corrected chi connectivity index (χ4v) is 2.46. The molecule has 0 saturated heterocycles. The Balaban J connectivity index is 2.10. The monoisotopic (exact) mass is 256 g/mol. The van der Waals surface area contributed by atoms with Crippen LogP contribution in [0.2, 0.25) is 0 Å². The van der Waals surface area contributed by atoms with E-state index in [9.17, 15) is 18.0 Å². The molecule has 0 radical (unpaired) electrons. The molecule has 1 aromatic carbocycles. The lowest BCUT2D eigenvalue weighted by molar-refractivity contribution is -0.137. The van der Waals surface area contributed by atoms with E-state index in [1.54, 1.807) is 0 Å². The van der Waals surface area contributed by atoms with E-state index in [1.165, 1.54) is 12.1 Å². The molecule has 0 atom stereocenters. The molecular weight excluding hydrogens is 241 g/mol. The summed E-state index contributed by atoms with van der Waals surface area (Å²) in [4.78, 5) is 11.9. The standard InChI is InChI=1S/C14H15F3O/c15-14(16,17)12-7-3-6-11(9-12)13(18)8-10-4-1-2-5-10/h3,6-7,9-10H,1-2,4-5,8H2. The minimum absolute atomic E-state index is 0.173. The Kier molecular flexibility index (Phi) is 3.73. The maximum atomic E-state index is 12.5. The second kappa shape index (κ2) is 5.12. The third-order valence-corrected chi connectivity index (χ3v) is 3.46. The van der Waals surface area contributed by atoms with Gasteiger partial charge < -0.3 is 0 Å². The Labute approximate surface area is 104 Å². The molecule has 2 rings (SSSR count). The van der Waals surface area contributed by atoms with Crippen LogP contribution < -0.4 is 0 Å². The smallest absolute Gasteiger partial charge is 0.294 e. The van der Waals surface area contributed by atoms with E-state index in [0.29, 0.717) is 12.3 Å². The van der Waals surface area contributed by atoms with Gasteiger partial charge in [-0.25, -0.2) is 0 Å². The van der Waals surface area contributed by atoms with Gasteiger partial charge in [-0.15, -0.1) is 0 Å². The number of carbonyl (C=O) groups is 1. The minimum atomic E-state index is -4.39. The maximum absolute atomic E-state index is 12.5. The van der Waals surface area contributed by atoms with Crippen LogP contribution in [0, 0.1) is 5.92 Å². The lowest BCUT2D eigenvalue weighted by atomic mass is 9.96. The summed E-state index contributed by atoms with van der Waals surface area (Å²) in [6.07, 6.45) is 0.279. The van der Waals surface area contributed by atoms with Crippen molar-refractivity contribution in [2.24, 2.45) is 5.92 Å². The van der Waals surface area contributed by atoms with E-state index in [1.807, 2.05) is 0 Å². The van der Waals surface area contributed by atoms with Gasteiger partial charge in [0.15, 0.2) is 5.78 Å². The molecule has 0 spiro atoms. The van der Waals surface area contributed by atoms with E-state index < -0.39 is 11.7 Å². The fourth-order valence-electron chi connectivity index (χ4n) is 2.46. The summed E-state index contributed by atoms with van der Waals surface area (Å²) < 4.78 is 37.6. The van der Waals surface area contributed by atoms with Crippen LogP contribution in [0.15, 0.2) is 24.3 Å². The van der Waals surface area contributed by atoms with Crippen LogP contribution in [0.3, 0.4) is 0 Å². The topological polar surface area (TPSA) is 17.1 Å². The molecule has 4 heteroatoms. The normalized spacial score (nSPS) is 17.1. The molecule has 0 aromatic heterocycles. The van der Waals surface area contributed by atoms with Gasteiger partial charge in [0.25, 0.3) is 0 Å². The van der Waals surface area contributed by atoms with E-state index in [4.69, 9.17) is 0 Å². The van der Waals surface area contributed by atoms with Gasteiger partial charge >= 0.3 is 6.18 Å². The van der Waals surface area contributed by atoms with E-state index in [0.717, 1.165) is 37.8 Å². The van der Waals surface area contributed by atoms with E-state index >= 15 is 0 Å². The van der Waals surface area contributed by atoms with Crippen molar-refractivity contribution >= 4 is 5.78 Å². The van der Waals surface area contributed by atoms with Crippen molar-refractivity contribution in [3.8, 4) is 0 Å². The zero-order valence-electron chi connectivity index (χ0n) is 9.96. The van der Waals surface area contributed by atoms with Crippen LogP contribution in [0.25, 0.3) is 0 Å². The average molecular weight is 256 g/mol. The van der Waals surface area contributed by atoms with Crippen LogP contribution >= 0.6 is 0 Å². The Morgan fingerprint density at radius 3 is 2.50 bits per heavy atom. The third-order valence-electron chi connectivity index (χ3n) is 3.46. The second-order valence-corrected chi connectivity index (χ2v) is 4.86. The summed E-state index contributed by atoms with van der Waals surface area (Å²) in [5, 5.41) is 0. The highest BCUT2D eigenvalue weighted by molar-refractivity contribution is 5.96. The quantitative estimate of drug-likeness (QED) is 0.729. The first kappa shape index (κ1) is 13.1. The van der Waals surface area contributed by atoms with Crippen LogP contribution in [0.1, 0.15) is 48.0 Å². The number of Topliss-reactive ketones (excluding diaryl/α,β-unsaturated/α-hetero) is 1. The Morgan fingerprint density at radius 1 is 1.22 bits per heavy atom. The highest BCUT2D eigenvalue weighted by Crippen LogP contribution is 2.31. The number of halogens is 3. The molecule has 1 aliphatic rings. The summed E-state index contributed by atoms with van der Waals surface area (Å²) in [5.41, 5.74) is -0.573. The predicted octanol–water partition coefficient (Wildman–Crippen LogP) is 4.47. The summed E-state index contributed by atoms with van der Waals surface area (Å²) in [6, 6.07) is 4.71. The number of rotatable bonds is 3. The molecule has 98 valence electrons. The largest absolute Gasteiger partial charge is 0.416 e. The lowest BCUT2D eigenvalue weighted by Crippen LogP contribution is -2.09. The number of hydrogen-bond donors (Lipinski definition) is 0. The number of hydrogen-bond acceptors (Lipinski definition) is 1. The molecule has 0 bridgehead atoms. The first-order valence-electron chi connectivity index (χ1n) is 6.17. The zero-order chi connectivity index (χ0) is 13.2. The SMILES string of the molecule is O=C(CC1CCCC1)c1cccc(C(F)(F)F)c1. The molecule has 1 fully saturated rings. The molecule has 0 N–H and O–H groups in total. The molecular formula is C14H15F3O. The van der Waals surface area contributed by atoms with Crippen molar-refractivity contribution in [3.05, 3.63) is 35.4 Å². The highest BCUT2D eigenvalue weighted by atomic mass is 19.4. The number of ketones is 1. The molecule has 1 aromatic rings. The summed E-state index contributed by atoms with van der Waals surface area (Å²) in [7, 11) is 0. The molecule has 1 aliphatic carbocycles. The molecule has 0 unspecified atom stereocenters. The summed E-state index contributed by atoms with van der Waals surface area (Å²) in [6.45, 7) is 0. The van der Waals surface area contributed by atoms with Gasteiger partial charge in [0, 0.05) is 12.0 Å². The molecule has 1 saturated carbocycles. The minimum Gasteiger partial charge on any atom is -0.294 e. The van der Waals surface area contributed by atoms with Crippen LogP contribution in [0.4, 0.5) is 13.2 Å². The van der Waals surface area contributed by atoms with Crippen LogP contribution in [-0.2, 0) is 6.18 Å². The third kappa shape index (κ3) is 3.12. The Hall–Kier alpha value is -1.32. The van der Waals surface area contributed by atoms with E-state index in [-0.39, 0.29) is 11.3 Å². The van der Waals surface area contributed by atoms with Crippen molar-refractivity contribution in [2.75, 3.05) is 0 Å². The van der Waals surface area contributed by atoms with Crippen molar-refractivity contribution in [3.63, 3.8) is 0 Å². The molecule has 0 amide bonds. The highest BCUT2D eigenvalue weighted by Gasteiger charge is 2.31. The second-order valence-electron chi connectivity index (χ2n) is 4.86. The molecule has 0 heterocycles. The molecule has 18 heavy (non-hydrogen) atoms. The van der Waals surface area contributed by atoms with Crippen molar-refractivity contribution in [1.82, 2.24) is 0 Å². The van der Waals surface area contributed by atoms with Crippen LogP contribution in [-0.4, -0.2) is 5.78 Å². The van der Waals surface area contributed by atoms with Crippen molar-refractivity contribution in [1.29, 1.82) is 0 Å². The van der Waals surface area contributed by atoms with Gasteiger partial charge in [0.05, 0.1) is 5.56 Å². The van der Waals surface area contributed by atoms with Gasteiger partial charge in [0.2, 0.25) is 0 Å². The summed E-state index contributed by atoms with van der Waals surface area (Å²) in [5.74, 6) is 0.181. The van der Waals surface area contributed by atoms with Crippen LogP contribution in [0.5, 0.6) is 0 Å². The Bertz CT molecular complexity index is 431.